The molecular formula is C10HCl2F13. The van der Waals surface area contributed by atoms with Gasteiger partial charge in [0, 0.05) is 0 Å². The number of hydrogen-bond acceptors (Lipinski definition) is 0. The lowest BCUT2D eigenvalue weighted by atomic mass is 9.43. The highest BCUT2D eigenvalue weighted by Gasteiger charge is 3.18. The van der Waals surface area contributed by atoms with Gasteiger partial charge in [-0.25, -0.2) is 30.7 Å². The second-order valence-corrected chi connectivity index (χ2v) is 7.01. The van der Waals surface area contributed by atoms with Gasteiger partial charge in [-0.15, -0.1) is 23.2 Å². The molecule has 0 radical (unpaired) electrons. The number of alkyl halides is 15. The second-order valence-electron chi connectivity index (χ2n) is 5.98. The summed E-state index contributed by atoms with van der Waals surface area (Å²) in [5.41, 5.74) is -20.7. The van der Waals surface area contributed by atoms with Gasteiger partial charge in [-0.2, -0.15) is 26.3 Å². The minimum Gasteiger partial charge on any atom is -0.228 e. The highest BCUT2D eigenvalue weighted by molar-refractivity contribution is 6.35. The van der Waals surface area contributed by atoms with E-state index in [1.54, 1.807) is 0 Å². The topological polar surface area (TPSA) is 0 Å². The van der Waals surface area contributed by atoms with Crippen molar-refractivity contribution in [1.82, 2.24) is 0 Å². The summed E-state index contributed by atoms with van der Waals surface area (Å²) in [7, 11) is 0. The van der Waals surface area contributed by atoms with Crippen LogP contribution in [-0.4, -0.2) is 56.9 Å². The lowest BCUT2D eigenvalue weighted by Crippen LogP contribution is -3.06. The van der Waals surface area contributed by atoms with E-state index in [0.717, 1.165) is 0 Å². The third kappa shape index (κ3) is 1.08. The smallest absolute Gasteiger partial charge is 0.228 e. The van der Waals surface area contributed by atoms with Crippen molar-refractivity contribution in [3.05, 3.63) is 0 Å². The molecule has 4 saturated carbocycles. The molecule has 3 unspecified atom stereocenters. The number of rotatable bonds is 0. The van der Waals surface area contributed by atoms with Gasteiger partial charge < -0.3 is 0 Å². The van der Waals surface area contributed by atoms with Crippen LogP contribution >= 0.6 is 23.2 Å². The zero-order chi connectivity index (χ0) is 20.1. The molecule has 0 aromatic rings. The highest BCUT2D eigenvalue weighted by atomic mass is 35.5. The Balaban J connectivity index is 2.65. The van der Waals surface area contributed by atoms with Crippen LogP contribution in [0.15, 0.2) is 0 Å². The maximum Gasteiger partial charge on any atom is 0.339 e. The van der Waals surface area contributed by atoms with Gasteiger partial charge in [-0.1, -0.05) is 0 Å². The van der Waals surface area contributed by atoms with Crippen LogP contribution in [0, 0.1) is 0 Å². The maximum atomic E-state index is 14.4. The lowest BCUT2D eigenvalue weighted by Gasteiger charge is -2.73. The molecule has 4 fully saturated rings. The first kappa shape index (κ1) is 19.4. The van der Waals surface area contributed by atoms with Crippen molar-refractivity contribution in [3.63, 3.8) is 0 Å². The first-order valence-corrected chi connectivity index (χ1v) is 6.76. The van der Waals surface area contributed by atoms with Crippen LogP contribution < -0.4 is 0 Å². The quantitative estimate of drug-likeness (QED) is 0.372. The van der Waals surface area contributed by atoms with Gasteiger partial charge in [-0.3, -0.25) is 0 Å². The third-order valence-electron chi connectivity index (χ3n) is 5.12. The van der Waals surface area contributed by atoms with Gasteiger partial charge in [0.05, 0.1) is 0 Å². The van der Waals surface area contributed by atoms with Crippen molar-refractivity contribution in [3.8, 4) is 0 Å². The molecule has 4 aliphatic carbocycles. The van der Waals surface area contributed by atoms with Crippen LogP contribution in [-0.2, 0) is 0 Å². The summed E-state index contributed by atoms with van der Waals surface area (Å²) in [5.74, 6) is -35.3. The Morgan fingerprint density at radius 2 is 0.760 bits per heavy atom. The molecule has 4 bridgehead atoms. The molecule has 15 heteroatoms. The Kier molecular flexibility index (Phi) is 2.94. The molecule has 0 aromatic heterocycles. The Hall–Kier alpha value is -0.330. The summed E-state index contributed by atoms with van der Waals surface area (Å²) in [4.78, 5) is -5.69. The molecule has 4 rings (SSSR count). The van der Waals surface area contributed by atoms with E-state index >= 15 is 0 Å². The van der Waals surface area contributed by atoms with Gasteiger partial charge >= 0.3 is 41.0 Å². The SMILES string of the molecule is FC12C(Cl)C3(Cl)C(F)(F)[C@](F)(C1(F)F)C(F)(F)[C@](F)(C2(F)F)C3(F)F. The fourth-order valence-electron chi connectivity index (χ4n) is 3.73. The van der Waals surface area contributed by atoms with Gasteiger partial charge in [0.25, 0.3) is 5.67 Å². The zero-order valence-electron chi connectivity index (χ0n) is 10.7. The molecule has 146 valence electrons. The Morgan fingerprint density at radius 1 is 0.480 bits per heavy atom. The van der Waals surface area contributed by atoms with Gasteiger partial charge in [-0.05, 0) is 0 Å². The highest BCUT2D eigenvalue weighted by Crippen LogP contribution is 2.87. The minimum atomic E-state index is -7.47. The van der Waals surface area contributed by atoms with Crippen LogP contribution in [0.4, 0.5) is 57.1 Å². The Labute approximate surface area is 138 Å². The first-order valence-electron chi connectivity index (χ1n) is 5.94. The van der Waals surface area contributed by atoms with Crippen molar-refractivity contribution in [1.29, 1.82) is 0 Å². The second kappa shape index (κ2) is 3.79. The van der Waals surface area contributed by atoms with Gasteiger partial charge in [0.2, 0.25) is 0 Å². The maximum absolute atomic E-state index is 14.4. The van der Waals surface area contributed by atoms with E-state index in [-0.39, 0.29) is 0 Å². The van der Waals surface area contributed by atoms with E-state index in [1.807, 2.05) is 0 Å². The molecule has 0 aromatic carbocycles. The average molecular weight is 439 g/mol. The van der Waals surface area contributed by atoms with Crippen molar-refractivity contribution in [2.24, 2.45) is 0 Å². The molecule has 25 heavy (non-hydrogen) atoms. The third-order valence-corrected chi connectivity index (χ3v) is 6.55. The molecule has 0 nitrogen and oxygen atoms in total. The summed E-state index contributed by atoms with van der Waals surface area (Å²) in [6.07, 6.45) is 0. The van der Waals surface area contributed by atoms with Crippen LogP contribution in [0.25, 0.3) is 0 Å². The van der Waals surface area contributed by atoms with E-state index in [1.165, 1.54) is 0 Å². The molecule has 0 heterocycles. The molecule has 0 aliphatic heterocycles. The predicted octanol–water partition coefficient (Wildman–Crippen LogP) is 4.91. The number of halogens is 15. The standard InChI is InChI=1S/C10HCl2F13/c11-1-2(12)6(16,17)4(14)8(20,21)3(1,13)9(22,23)5(15,7(2,18)19)10(4,24)25/h1H/t1?,2?,3?,4-,5+. The fraction of sp³-hybridized carbons (Fsp3) is 1.00. The Bertz CT molecular complexity index is 584. The van der Waals surface area contributed by atoms with Crippen molar-refractivity contribution < 1.29 is 57.1 Å². The number of hydrogen-bond donors (Lipinski definition) is 0. The Morgan fingerprint density at radius 3 is 1.04 bits per heavy atom. The van der Waals surface area contributed by atoms with Crippen LogP contribution in [0.1, 0.15) is 0 Å². The molecule has 4 aliphatic rings. The molecule has 5 atom stereocenters. The summed E-state index contributed by atoms with van der Waals surface area (Å²) < 4.78 is 182. The van der Waals surface area contributed by atoms with Crippen molar-refractivity contribution >= 4 is 23.2 Å². The summed E-state index contributed by atoms with van der Waals surface area (Å²) in [5, 5.41) is -4.56. The van der Waals surface area contributed by atoms with Crippen molar-refractivity contribution in [2.45, 2.75) is 56.9 Å². The molecule has 0 amide bonds. The van der Waals surface area contributed by atoms with E-state index < -0.39 is 56.9 Å². The van der Waals surface area contributed by atoms with Crippen LogP contribution in [0.5, 0.6) is 0 Å². The largest absolute Gasteiger partial charge is 0.339 e. The molecule has 0 saturated heterocycles. The van der Waals surface area contributed by atoms with Crippen LogP contribution in [0.2, 0.25) is 0 Å². The summed E-state index contributed by atoms with van der Waals surface area (Å²) in [6.45, 7) is 0. The lowest BCUT2D eigenvalue weighted by molar-refractivity contribution is -0.544. The monoisotopic (exact) mass is 438 g/mol. The van der Waals surface area contributed by atoms with E-state index in [2.05, 4.69) is 23.2 Å². The molecule has 0 N–H and O–H groups in total. The predicted molar refractivity (Wildman–Crippen MR) is 54.5 cm³/mol. The summed E-state index contributed by atoms with van der Waals surface area (Å²) in [6, 6.07) is 0. The van der Waals surface area contributed by atoms with E-state index in [9.17, 15) is 57.1 Å². The van der Waals surface area contributed by atoms with Crippen molar-refractivity contribution in [2.75, 3.05) is 0 Å². The summed E-state index contributed by atoms with van der Waals surface area (Å²) >= 11 is 9.17. The zero-order valence-corrected chi connectivity index (χ0v) is 12.3. The average Bonchev–Trinajstić information content (AvgIpc) is 2.45. The molecule has 0 spiro atoms. The fourth-order valence-corrected chi connectivity index (χ4v) is 4.69. The first-order chi connectivity index (χ1) is 10.7. The van der Waals surface area contributed by atoms with E-state index in [4.69, 9.17) is 0 Å². The molecular weight excluding hydrogens is 438 g/mol. The van der Waals surface area contributed by atoms with Gasteiger partial charge in [0.15, 0.2) is 4.87 Å². The minimum absolute atomic E-state index is 4.56. The van der Waals surface area contributed by atoms with Crippen LogP contribution in [0.3, 0.4) is 0 Å². The van der Waals surface area contributed by atoms with Gasteiger partial charge in [0.1, 0.15) is 5.38 Å². The van der Waals surface area contributed by atoms with E-state index in [0.29, 0.717) is 0 Å². The normalized spacial score (nSPS) is 56.0.